The Morgan fingerprint density at radius 1 is 1.29 bits per heavy atom. The minimum absolute atomic E-state index is 0.507. The van der Waals surface area contributed by atoms with Gasteiger partial charge in [-0.2, -0.15) is 4.98 Å². The van der Waals surface area contributed by atoms with Crippen LogP contribution in [-0.4, -0.2) is 16.0 Å². The number of hydrogen-bond acceptors (Lipinski definition) is 4. The number of alkyl halides is 1. The zero-order chi connectivity index (χ0) is 12.1. The van der Waals surface area contributed by atoms with Gasteiger partial charge in [0.15, 0.2) is 5.82 Å². The van der Waals surface area contributed by atoms with Gasteiger partial charge in [-0.1, -0.05) is 22.9 Å². The molecule has 0 aliphatic heterocycles. The molecule has 0 fully saturated rings. The fourth-order valence-electron chi connectivity index (χ4n) is 1.31. The molecule has 0 atom stereocenters. The van der Waals surface area contributed by atoms with Crippen LogP contribution in [0.2, 0.25) is 0 Å². The van der Waals surface area contributed by atoms with Crippen molar-refractivity contribution in [1.82, 2.24) is 10.1 Å². The van der Waals surface area contributed by atoms with E-state index >= 15 is 0 Å². The van der Waals surface area contributed by atoms with E-state index in [-0.39, 0.29) is 0 Å². The summed E-state index contributed by atoms with van der Waals surface area (Å²) in [7, 11) is 0. The summed E-state index contributed by atoms with van der Waals surface area (Å²) in [5, 5.41) is 3.90. The number of thioether (sulfide) groups is 1. The van der Waals surface area contributed by atoms with Crippen LogP contribution in [0.5, 0.6) is 0 Å². The van der Waals surface area contributed by atoms with Crippen molar-refractivity contribution in [2.45, 2.75) is 24.0 Å². The lowest BCUT2D eigenvalue weighted by molar-refractivity contribution is 0.378. The molecule has 1 heterocycles. The molecule has 0 amide bonds. The van der Waals surface area contributed by atoms with E-state index in [0.717, 1.165) is 11.6 Å². The second-order valence-electron chi connectivity index (χ2n) is 3.65. The highest BCUT2D eigenvalue weighted by Gasteiger charge is 2.05. The highest BCUT2D eigenvalue weighted by Crippen LogP contribution is 2.21. The lowest BCUT2D eigenvalue weighted by Crippen LogP contribution is -1.87. The summed E-state index contributed by atoms with van der Waals surface area (Å²) in [5.41, 5.74) is 1.26. The number of rotatable bonds is 5. The van der Waals surface area contributed by atoms with Crippen LogP contribution in [0.1, 0.15) is 17.3 Å². The molecule has 0 N–H and O–H groups in total. The Kier molecular flexibility index (Phi) is 4.45. The summed E-state index contributed by atoms with van der Waals surface area (Å²) in [6.45, 7) is 2.08. The Morgan fingerprint density at radius 2 is 2.06 bits per heavy atom. The Balaban J connectivity index is 1.90. The maximum absolute atomic E-state index is 5.60. The van der Waals surface area contributed by atoms with Gasteiger partial charge < -0.3 is 4.52 Å². The van der Waals surface area contributed by atoms with Gasteiger partial charge in [0.1, 0.15) is 0 Å². The Morgan fingerprint density at radius 3 is 2.76 bits per heavy atom. The van der Waals surface area contributed by atoms with E-state index in [4.69, 9.17) is 16.1 Å². The van der Waals surface area contributed by atoms with Crippen molar-refractivity contribution in [2.24, 2.45) is 0 Å². The highest BCUT2D eigenvalue weighted by atomic mass is 35.5. The lowest BCUT2D eigenvalue weighted by atomic mass is 10.2. The monoisotopic (exact) mass is 268 g/mol. The van der Waals surface area contributed by atoms with Gasteiger partial charge in [0.2, 0.25) is 5.89 Å². The van der Waals surface area contributed by atoms with Crippen molar-refractivity contribution < 1.29 is 4.52 Å². The Hall–Kier alpha value is -1.00. The third-order valence-electron chi connectivity index (χ3n) is 2.21. The molecule has 90 valence electrons. The van der Waals surface area contributed by atoms with E-state index in [1.54, 1.807) is 11.8 Å². The maximum Gasteiger partial charge on any atom is 0.227 e. The molecule has 0 saturated carbocycles. The van der Waals surface area contributed by atoms with Gasteiger partial charge >= 0.3 is 0 Å². The first-order valence-electron chi connectivity index (χ1n) is 5.35. The number of nitrogens with zero attached hydrogens (tertiary/aromatic N) is 2. The second-order valence-corrected chi connectivity index (χ2v) is 5.07. The first-order valence-corrected chi connectivity index (χ1v) is 6.87. The molecular formula is C12H13ClN2OS. The first kappa shape index (κ1) is 12.5. The molecule has 0 unspecified atom stereocenters. The number of aromatic nitrogens is 2. The van der Waals surface area contributed by atoms with Crippen molar-refractivity contribution in [3.63, 3.8) is 0 Å². The zero-order valence-electron chi connectivity index (χ0n) is 9.52. The average Bonchev–Trinajstić information content (AvgIpc) is 2.77. The van der Waals surface area contributed by atoms with Crippen LogP contribution >= 0.6 is 23.4 Å². The van der Waals surface area contributed by atoms with Crippen LogP contribution in [0.15, 0.2) is 33.7 Å². The van der Waals surface area contributed by atoms with Crippen molar-refractivity contribution >= 4 is 23.4 Å². The molecule has 0 bridgehead atoms. The minimum Gasteiger partial charge on any atom is -0.339 e. The fourth-order valence-corrected chi connectivity index (χ4v) is 2.22. The molecule has 3 nitrogen and oxygen atoms in total. The summed E-state index contributed by atoms with van der Waals surface area (Å²) >= 11 is 7.30. The SMILES string of the molecule is Cc1ccc(SCc2noc(CCCl)n2)cc1. The van der Waals surface area contributed by atoms with Crippen molar-refractivity contribution in [3.8, 4) is 0 Å². The molecule has 0 aliphatic carbocycles. The predicted octanol–water partition coefficient (Wildman–Crippen LogP) is 3.45. The topological polar surface area (TPSA) is 38.9 Å². The van der Waals surface area contributed by atoms with Gasteiger partial charge in [0.25, 0.3) is 0 Å². The van der Waals surface area contributed by atoms with Crippen molar-refractivity contribution in [1.29, 1.82) is 0 Å². The van der Waals surface area contributed by atoms with Gasteiger partial charge in [-0.25, -0.2) is 0 Å². The van der Waals surface area contributed by atoms with Gasteiger partial charge in [-0.05, 0) is 19.1 Å². The average molecular weight is 269 g/mol. The predicted molar refractivity (Wildman–Crippen MR) is 69.5 cm³/mol. The van der Waals surface area contributed by atoms with Gasteiger partial charge in [0, 0.05) is 17.2 Å². The second kappa shape index (κ2) is 6.07. The molecule has 0 aliphatic rings. The van der Waals surface area contributed by atoms with Crippen molar-refractivity contribution in [2.75, 3.05) is 5.88 Å². The molecule has 17 heavy (non-hydrogen) atoms. The van der Waals surface area contributed by atoms with Gasteiger partial charge in [0.05, 0.1) is 5.75 Å². The van der Waals surface area contributed by atoms with E-state index < -0.39 is 0 Å². The molecule has 0 spiro atoms. The van der Waals surface area contributed by atoms with E-state index in [1.807, 2.05) is 0 Å². The standard InChI is InChI=1S/C12H13ClN2OS/c1-9-2-4-10(5-3-9)17-8-11-14-12(6-7-13)16-15-11/h2-5H,6-8H2,1H3. The van der Waals surface area contributed by atoms with Crippen LogP contribution in [0, 0.1) is 6.92 Å². The fraction of sp³-hybridized carbons (Fsp3) is 0.333. The van der Waals surface area contributed by atoms with Crippen LogP contribution < -0.4 is 0 Å². The van der Waals surface area contributed by atoms with E-state index in [9.17, 15) is 0 Å². The molecule has 2 aromatic rings. The normalized spacial score (nSPS) is 10.7. The van der Waals surface area contributed by atoms with E-state index in [0.29, 0.717) is 18.2 Å². The third kappa shape index (κ3) is 3.75. The molecular weight excluding hydrogens is 256 g/mol. The van der Waals surface area contributed by atoms with Gasteiger partial charge in [-0.15, -0.1) is 23.4 Å². The minimum atomic E-state index is 0.507. The summed E-state index contributed by atoms with van der Waals surface area (Å²) in [6, 6.07) is 8.38. The lowest BCUT2D eigenvalue weighted by Gasteiger charge is -1.98. The van der Waals surface area contributed by atoms with E-state index in [1.165, 1.54) is 10.5 Å². The quantitative estimate of drug-likeness (QED) is 0.615. The van der Waals surface area contributed by atoms with Crippen LogP contribution in [0.3, 0.4) is 0 Å². The molecule has 0 radical (unpaired) electrons. The van der Waals surface area contributed by atoms with Crippen LogP contribution in [0.25, 0.3) is 0 Å². The van der Waals surface area contributed by atoms with E-state index in [2.05, 4.69) is 41.3 Å². The number of hydrogen-bond donors (Lipinski definition) is 0. The molecule has 1 aromatic carbocycles. The van der Waals surface area contributed by atoms with Crippen LogP contribution in [-0.2, 0) is 12.2 Å². The smallest absolute Gasteiger partial charge is 0.227 e. The van der Waals surface area contributed by atoms with Crippen LogP contribution in [0.4, 0.5) is 0 Å². The molecule has 5 heteroatoms. The summed E-state index contributed by atoms with van der Waals surface area (Å²) in [6.07, 6.45) is 0.629. The number of halogens is 1. The number of benzene rings is 1. The van der Waals surface area contributed by atoms with Crippen molar-refractivity contribution in [3.05, 3.63) is 41.5 Å². The maximum atomic E-state index is 5.60. The zero-order valence-corrected chi connectivity index (χ0v) is 11.1. The summed E-state index contributed by atoms with van der Waals surface area (Å²) in [4.78, 5) is 5.46. The summed E-state index contributed by atoms with van der Waals surface area (Å²) in [5.74, 6) is 2.55. The first-order chi connectivity index (χ1) is 8.28. The number of aryl methyl sites for hydroxylation is 2. The third-order valence-corrected chi connectivity index (χ3v) is 3.40. The summed E-state index contributed by atoms with van der Waals surface area (Å²) < 4.78 is 5.05. The molecule has 0 saturated heterocycles. The van der Waals surface area contributed by atoms with Gasteiger partial charge in [-0.3, -0.25) is 0 Å². The Labute approximate surface area is 110 Å². The highest BCUT2D eigenvalue weighted by molar-refractivity contribution is 7.98. The molecule has 1 aromatic heterocycles. The largest absolute Gasteiger partial charge is 0.339 e. The Bertz CT molecular complexity index is 470. The molecule has 2 rings (SSSR count).